The van der Waals surface area contributed by atoms with E-state index in [2.05, 4.69) is 12.2 Å². The third kappa shape index (κ3) is 2.60. The molecular weight excluding hydrogens is 303 g/mol. The Kier molecular flexibility index (Phi) is 4.28. The van der Waals surface area contributed by atoms with Gasteiger partial charge in [-0.15, -0.1) is 0 Å². The maximum Gasteiger partial charge on any atom is 0.0927 e. The average Bonchev–Trinajstić information content (AvgIpc) is 2.49. The molecule has 112 valence electrons. The van der Waals surface area contributed by atoms with Crippen LogP contribution in [-0.2, 0) is 12.8 Å². The molecule has 0 spiro atoms. The monoisotopic (exact) mass is 322 g/mol. The maximum atomic E-state index is 6.59. The molecule has 0 saturated carbocycles. The number of nitrogens with zero attached hydrogens (tertiary/aromatic N) is 1. The number of aryl methyl sites for hydroxylation is 2. The van der Waals surface area contributed by atoms with Gasteiger partial charge in [0, 0.05) is 17.6 Å². The lowest BCUT2D eigenvalue weighted by Crippen LogP contribution is -2.12. The molecule has 21 heavy (non-hydrogen) atoms. The van der Waals surface area contributed by atoms with Crippen LogP contribution in [0.2, 0.25) is 10.0 Å². The Morgan fingerprint density at radius 2 is 2.00 bits per heavy atom. The van der Waals surface area contributed by atoms with E-state index in [9.17, 15) is 0 Å². The summed E-state index contributed by atoms with van der Waals surface area (Å²) in [4.78, 5) is 4.83. The SMILES string of the molecule is CCCNc1c2c(nc3c(Cl)cc(C)c(Cl)c13)CCCC2. The van der Waals surface area contributed by atoms with Crippen LogP contribution in [0.5, 0.6) is 0 Å². The van der Waals surface area contributed by atoms with Crippen LogP contribution in [0.4, 0.5) is 5.69 Å². The number of hydrogen-bond acceptors (Lipinski definition) is 2. The van der Waals surface area contributed by atoms with Crippen molar-refractivity contribution in [1.29, 1.82) is 0 Å². The minimum absolute atomic E-state index is 0.694. The largest absolute Gasteiger partial charge is 0.384 e. The van der Waals surface area contributed by atoms with Crippen LogP contribution in [0.15, 0.2) is 6.07 Å². The van der Waals surface area contributed by atoms with Gasteiger partial charge in [-0.2, -0.15) is 0 Å². The fourth-order valence-corrected chi connectivity index (χ4v) is 3.63. The van der Waals surface area contributed by atoms with Crippen LogP contribution in [-0.4, -0.2) is 11.5 Å². The predicted octanol–water partition coefficient (Wildman–Crippen LogP) is 5.55. The number of anilines is 1. The summed E-state index contributed by atoms with van der Waals surface area (Å²) in [5, 5.41) is 6.04. The predicted molar refractivity (Wildman–Crippen MR) is 91.9 cm³/mol. The van der Waals surface area contributed by atoms with Gasteiger partial charge in [0.15, 0.2) is 0 Å². The first-order valence-electron chi connectivity index (χ1n) is 7.67. The molecule has 1 aliphatic carbocycles. The number of aromatic nitrogens is 1. The second-order valence-corrected chi connectivity index (χ2v) is 6.54. The molecule has 0 bridgehead atoms. The van der Waals surface area contributed by atoms with Crippen molar-refractivity contribution in [2.45, 2.75) is 46.0 Å². The summed E-state index contributed by atoms with van der Waals surface area (Å²) in [6.07, 6.45) is 5.62. The number of halogens is 2. The molecule has 1 aliphatic rings. The lowest BCUT2D eigenvalue weighted by atomic mass is 9.92. The number of rotatable bonds is 3. The zero-order valence-corrected chi connectivity index (χ0v) is 14.0. The van der Waals surface area contributed by atoms with Crippen molar-refractivity contribution in [1.82, 2.24) is 4.98 Å². The van der Waals surface area contributed by atoms with Crippen molar-refractivity contribution in [3.05, 3.63) is 32.9 Å². The van der Waals surface area contributed by atoms with Gasteiger partial charge in [-0.3, -0.25) is 4.98 Å². The number of benzene rings is 1. The van der Waals surface area contributed by atoms with E-state index in [4.69, 9.17) is 28.2 Å². The second-order valence-electron chi connectivity index (χ2n) is 5.76. The van der Waals surface area contributed by atoms with Crippen LogP contribution in [0.3, 0.4) is 0 Å². The number of pyridine rings is 1. The topological polar surface area (TPSA) is 24.9 Å². The van der Waals surface area contributed by atoms with E-state index in [1.54, 1.807) is 0 Å². The first kappa shape index (κ1) is 14.9. The van der Waals surface area contributed by atoms with Crippen molar-refractivity contribution >= 4 is 39.8 Å². The van der Waals surface area contributed by atoms with Gasteiger partial charge in [-0.1, -0.05) is 30.1 Å². The Morgan fingerprint density at radius 1 is 1.24 bits per heavy atom. The molecule has 3 rings (SSSR count). The Balaban J connectivity index is 2.35. The lowest BCUT2D eigenvalue weighted by molar-refractivity contribution is 0.672. The molecule has 2 aromatic rings. The van der Waals surface area contributed by atoms with Gasteiger partial charge in [0.05, 0.1) is 21.2 Å². The molecule has 1 heterocycles. The van der Waals surface area contributed by atoms with Gasteiger partial charge < -0.3 is 5.32 Å². The molecule has 0 aliphatic heterocycles. The molecule has 0 atom stereocenters. The summed E-state index contributed by atoms with van der Waals surface area (Å²) in [7, 11) is 0. The molecule has 0 amide bonds. The second kappa shape index (κ2) is 6.02. The molecule has 0 radical (unpaired) electrons. The molecule has 1 aromatic heterocycles. The lowest BCUT2D eigenvalue weighted by Gasteiger charge is -2.23. The summed E-state index contributed by atoms with van der Waals surface area (Å²) in [5.41, 5.74) is 5.53. The minimum Gasteiger partial charge on any atom is -0.384 e. The standard InChI is InChI=1S/C17H20Cl2N2/c1-3-8-20-16-11-6-4-5-7-13(11)21-17-12(18)9-10(2)15(19)14(16)17/h9H,3-8H2,1-2H3,(H,20,21). The molecule has 0 unspecified atom stereocenters. The summed E-state index contributed by atoms with van der Waals surface area (Å²) in [5.74, 6) is 0. The van der Waals surface area contributed by atoms with Gasteiger partial charge in [0.1, 0.15) is 0 Å². The van der Waals surface area contributed by atoms with Crippen LogP contribution in [0.25, 0.3) is 10.9 Å². The molecule has 1 aromatic carbocycles. The molecule has 4 heteroatoms. The zero-order chi connectivity index (χ0) is 15.0. The third-order valence-electron chi connectivity index (χ3n) is 4.16. The van der Waals surface area contributed by atoms with Gasteiger partial charge in [0.2, 0.25) is 0 Å². The fraction of sp³-hybridized carbons (Fsp3) is 0.471. The molecule has 0 saturated heterocycles. The van der Waals surface area contributed by atoms with E-state index in [0.717, 1.165) is 53.0 Å². The highest BCUT2D eigenvalue weighted by molar-refractivity contribution is 6.41. The Bertz CT molecular complexity index is 695. The summed E-state index contributed by atoms with van der Waals surface area (Å²) in [6.45, 7) is 5.10. The van der Waals surface area contributed by atoms with E-state index in [-0.39, 0.29) is 0 Å². The highest BCUT2D eigenvalue weighted by atomic mass is 35.5. The van der Waals surface area contributed by atoms with Crippen molar-refractivity contribution in [3.8, 4) is 0 Å². The van der Waals surface area contributed by atoms with E-state index in [0.29, 0.717) is 5.02 Å². The number of hydrogen-bond donors (Lipinski definition) is 1. The van der Waals surface area contributed by atoms with Gasteiger partial charge in [-0.05, 0) is 56.2 Å². The normalized spacial score (nSPS) is 14.3. The highest BCUT2D eigenvalue weighted by Crippen LogP contribution is 2.41. The summed E-state index contributed by atoms with van der Waals surface area (Å²) < 4.78 is 0. The van der Waals surface area contributed by atoms with E-state index in [1.807, 2.05) is 13.0 Å². The third-order valence-corrected chi connectivity index (χ3v) is 4.94. The molecule has 0 fully saturated rings. The zero-order valence-electron chi connectivity index (χ0n) is 12.5. The fourth-order valence-electron chi connectivity index (χ4n) is 3.09. The van der Waals surface area contributed by atoms with E-state index < -0.39 is 0 Å². The molecule has 1 N–H and O–H groups in total. The highest BCUT2D eigenvalue weighted by Gasteiger charge is 2.21. The van der Waals surface area contributed by atoms with Gasteiger partial charge in [0.25, 0.3) is 0 Å². The number of fused-ring (bicyclic) bond motifs is 2. The first-order valence-corrected chi connectivity index (χ1v) is 8.43. The smallest absolute Gasteiger partial charge is 0.0927 e. The molecule has 2 nitrogen and oxygen atoms in total. The van der Waals surface area contributed by atoms with Gasteiger partial charge in [-0.25, -0.2) is 0 Å². The average molecular weight is 323 g/mol. The van der Waals surface area contributed by atoms with Crippen molar-refractivity contribution in [2.75, 3.05) is 11.9 Å². The van der Waals surface area contributed by atoms with Crippen LogP contribution in [0.1, 0.15) is 43.0 Å². The summed E-state index contributed by atoms with van der Waals surface area (Å²) >= 11 is 13.0. The first-order chi connectivity index (χ1) is 10.1. The molecular formula is C17H20Cl2N2. The van der Waals surface area contributed by atoms with Crippen molar-refractivity contribution < 1.29 is 0 Å². The van der Waals surface area contributed by atoms with Gasteiger partial charge >= 0.3 is 0 Å². The van der Waals surface area contributed by atoms with Crippen molar-refractivity contribution in [3.63, 3.8) is 0 Å². The van der Waals surface area contributed by atoms with E-state index >= 15 is 0 Å². The Hall–Kier alpha value is -0.990. The van der Waals surface area contributed by atoms with E-state index in [1.165, 1.54) is 24.1 Å². The maximum absolute atomic E-state index is 6.59. The Labute approximate surface area is 135 Å². The summed E-state index contributed by atoms with van der Waals surface area (Å²) in [6, 6.07) is 1.91. The van der Waals surface area contributed by atoms with Crippen molar-refractivity contribution in [2.24, 2.45) is 0 Å². The van der Waals surface area contributed by atoms with Crippen LogP contribution in [0, 0.1) is 6.92 Å². The van der Waals surface area contributed by atoms with Crippen LogP contribution < -0.4 is 5.32 Å². The number of nitrogens with one attached hydrogen (secondary N) is 1. The quantitative estimate of drug-likeness (QED) is 0.801. The minimum atomic E-state index is 0.694. The Morgan fingerprint density at radius 3 is 2.76 bits per heavy atom. The van der Waals surface area contributed by atoms with Crippen LogP contribution >= 0.6 is 23.2 Å².